The van der Waals surface area contributed by atoms with E-state index in [1.807, 2.05) is 48.7 Å². The van der Waals surface area contributed by atoms with E-state index in [9.17, 15) is 4.79 Å². The Balaban J connectivity index is 1.67. The first-order valence-corrected chi connectivity index (χ1v) is 8.97. The molecule has 0 bridgehead atoms. The summed E-state index contributed by atoms with van der Waals surface area (Å²) >= 11 is 0. The number of hydrogen-bond acceptors (Lipinski definition) is 5. The molecule has 0 aliphatic heterocycles. The van der Waals surface area contributed by atoms with Crippen LogP contribution >= 0.6 is 0 Å². The third-order valence-corrected chi connectivity index (χ3v) is 4.67. The van der Waals surface area contributed by atoms with Crippen LogP contribution in [0, 0.1) is 19.9 Å². The molecule has 4 aromatic heterocycles. The number of rotatable bonds is 4. The van der Waals surface area contributed by atoms with Gasteiger partial charge < -0.3 is 16.0 Å². The van der Waals surface area contributed by atoms with Gasteiger partial charge in [-0.1, -0.05) is 0 Å². The third-order valence-electron chi connectivity index (χ3n) is 4.67. The topological polar surface area (TPSA) is 130 Å². The van der Waals surface area contributed by atoms with Crippen molar-refractivity contribution in [3.63, 3.8) is 0 Å². The maximum atomic E-state index is 11.7. The highest BCUT2D eigenvalue weighted by atomic mass is 16.1. The van der Waals surface area contributed by atoms with Crippen LogP contribution in [0.3, 0.4) is 0 Å². The maximum absolute atomic E-state index is 11.7. The van der Waals surface area contributed by atoms with E-state index in [-0.39, 0.29) is 0 Å². The van der Waals surface area contributed by atoms with Gasteiger partial charge in [-0.05, 0) is 26.0 Å². The van der Waals surface area contributed by atoms with E-state index in [1.165, 1.54) is 0 Å². The van der Waals surface area contributed by atoms with Crippen molar-refractivity contribution >= 4 is 34.2 Å². The number of primary amides is 1. The zero-order valence-electron chi connectivity index (χ0n) is 15.7. The van der Waals surface area contributed by atoms with Crippen molar-refractivity contribution in [1.29, 1.82) is 0 Å². The predicted molar refractivity (Wildman–Crippen MR) is 109 cm³/mol. The number of amides is 1. The number of aromatic amines is 2. The standard InChI is InChI=1S/C20H17N8O/c1-10-5-17(27-26-10)25-20-24-16(7-18-23-11(2)9-28(18)20)12-3-4-15-13(6-12)14(8-22-15)19(21)29/h3,5-9,22H,1-2H3,(H2,21,29)(H2,24,25,26,27). The van der Waals surface area contributed by atoms with Crippen LogP contribution in [0.5, 0.6) is 0 Å². The second-order valence-corrected chi connectivity index (χ2v) is 6.88. The SMILES string of the molecule is Cc1cn2c(Nc3cc(C)[nH]n3)nc(-c3c[c]c4[nH]cc(C(N)=O)c4c3)cc2n1. The number of anilines is 2. The number of aryl methyl sites for hydroxylation is 2. The van der Waals surface area contributed by atoms with Gasteiger partial charge in [0.2, 0.25) is 5.95 Å². The molecule has 0 aliphatic rings. The highest BCUT2D eigenvalue weighted by Gasteiger charge is 2.14. The lowest BCUT2D eigenvalue weighted by molar-refractivity contribution is 0.100. The molecule has 5 rings (SSSR count). The van der Waals surface area contributed by atoms with Gasteiger partial charge in [0.05, 0.1) is 22.5 Å². The third kappa shape index (κ3) is 2.89. The van der Waals surface area contributed by atoms with Crippen molar-refractivity contribution in [2.45, 2.75) is 13.8 Å². The van der Waals surface area contributed by atoms with E-state index in [0.29, 0.717) is 33.9 Å². The molecule has 29 heavy (non-hydrogen) atoms. The highest BCUT2D eigenvalue weighted by molar-refractivity contribution is 6.06. The van der Waals surface area contributed by atoms with Crippen molar-refractivity contribution in [3.05, 3.63) is 59.7 Å². The molecule has 4 heterocycles. The molecule has 143 valence electrons. The largest absolute Gasteiger partial charge is 0.366 e. The highest BCUT2D eigenvalue weighted by Crippen LogP contribution is 2.27. The molecular formula is C20H17N8O. The van der Waals surface area contributed by atoms with Crippen LogP contribution < -0.4 is 11.1 Å². The summed E-state index contributed by atoms with van der Waals surface area (Å²) in [5.41, 5.74) is 10.6. The average Bonchev–Trinajstić information content (AvgIpc) is 3.38. The lowest BCUT2D eigenvalue weighted by Gasteiger charge is -2.09. The number of aromatic nitrogens is 6. The summed E-state index contributed by atoms with van der Waals surface area (Å²) in [6.07, 6.45) is 3.50. The molecule has 9 nitrogen and oxygen atoms in total. The number of fused-ring (bicyclic) bond motifs is 2. The first kappa shape index (κ1) is 17.0. The summed E-state index contributed by atoms with van der Waals surface area (Å²) in [5, 5.41) is 11.1. The number of imidazole rings is 1. The van der Waals surface area contributed by atoms with Crippen LogP contribution in [0.15, 0.2) is 36.7 Å². The Morgan fingerprint density at radius 2 is 2.10 bits per heavy atom. The van der Waals surface area contributed by atoms with Gasteiger partial charge in [-0.2, -0.15) is 5.10 Å². The van der Waals surface area contributed by atoms with E-state index in [0.717, 1.165) is 22.6 Å². The average molecular weight is 385 g/mol. The van der Waals surface area contributed by atoms with E-state index in [2.05, 4.69) is 31.5 Å². The zero-order chi connectivity index (χ0) is 20.1. The van der Waals surface area contributed by atoms with Crippen molar-refractivity contribution < 1.29 is 4.79 Å². The predicted octanol–water partition coefficient (Wildman–Crippen LogP) is 2.86. The fourth-order valence-electron chi connectivity index (χ4n) is 3.35. The van der Waals surface area contributed by atoms with Gasteiger partial charge >= 0.3 is 0 Å². The van der Waals surface area contributed by atoms with Crippen LogP contribution in [-0.2, 0) is 0 Å². The molecule has 0 fully saturated rings. The lowest BCUT2D eigenvalue weighted by Crippen LogP contribution is -2.09. The second kappa shape index (κ2) is 6.20. The van der Waals surface area contributed by atoms with Crippen LogP contribution in [0.25, 0.3) is 27.8 Å². The first-order chi connectivity index (χ1) is 14.0. The Morgan fingerprint density at radius 3 is 2.86 bits per heavy atom. The van der Waals surface area contributed by atoms with E-state index < -0.39 is 5.91 Å². The number of H-pyrrole nitrogens is 2. The fraction of sp³-hybridized carbons (Fsp3) is 0.100. The van der Waals surface area contributed by atoms with Crippen LogP contribution in [0.4, 0.5) is 11.8 Å². The Hall–Kier alpha value is -4.14. The number of hydrogen-bond donors (Lipinski definition) is 4. The molecule has 9 heteroatoms. The summed E-state index contributed by atoms with van der Waals surface area (Å²) in [5.74, 6) is 0.739. The van der Waals surface area contributed by atoms with Gasteiger partial charge in [-0.15, -0.1) is 0 Å². The molecule has 1 amide bonds. The van der Waals surface area contributed by atoms with Gasteiger partial charge in [0.15, 0.2) is 5.82 Å². The summed E-state index contributed by atoms with van der Waals surface area (Å²) in [4.78, 5) is 24.0. The molecule has 0 spiro atoms. The molecule has 1 radical (unpaired) electrons. The molecule has 1 aromatic carbocycles. The lowest BCUT2D eigenvalue weighted by atomic mass is 10.1. The molecule has 0 saturated carbocycles. The molecule has 0 unspecified atom stereocenters. The summed E-state index contributed by atoms with van der Waals surface area (Å²) in [6, 6.07) is 10.6. The van der Waals surface area contributed by atoms with Crippen molar-refractivity contribution in [3.8, 4) is 11.3 Å². The van der Waals surface area contributed by atoms with Crippen LogP contribution in [0.1, 0.15) is 21.7 Å². The Morgan fingerprint density at radius 1 is 1.24 bits per heavy atom. The zero-order valence-corrected chi connectivity index (χ0v) is 15.7. The monoisotopic (exact) mass is 385 g/mol. The van der Waals surface area contributed by atoms with Crippen molar-refractivity contribution in [2.24, 2.45) is 5.73 Å². The molecule has 5 aromatic rings. The van der Waals surface area contributed by atoms with E-state index in [4.69, 9.17) is 10.7 Å². The first-order valence-electron chi connectivity index (χ1n) is 8.97. The van der Waals surface area contributed by atoms with Gasteiger partial charge in [0, 0.05) is 47.2 Å². The van der Waals surface area contributed by atoms with E-state index in [1.54, 1.807) is 6.20 Å². The summed E-state index contributed by atoms with van der Waals surface area (Å²) < 4.78 is 1.87. The van der Waals surface area contributed by atoms with Crippen molar-refractivity contribution in [1.82, 2.24) is 29.5 Å². The van der Waals surface area contributed by atoms with Gasteiger partial charge in [-0.3, -0.25) is 14.3 Å². The van der Waals surface area contributed by atoms with Crippen LogP contribution in [0.2, 0.25) is 0 Å². The Labute approximate surface area is 165 Å². The van der Waals surface area contributed by atoms with Crippen LogP contribution in [-0.4, -0.2) is 35.5 Å². The number of nitrogens with one attached hydrogen (secondary N) is 3. The number of carbonyl (C=O) groups is 1. The number of carbonyl (C=O) groups excluding carboxylic acids is 1. The molecule has 0 atom stereocenters. The van der Waals surface area contributed by atoms with E-state index >= 15 is 0 Å². The Bertz CT molecular complexity index is 1390. The minimum atomic E-state index is -0.495. The van der Waals surface area contributed by atoms with Crippen molar-refractivity contribution in [2.75, 3.05) is 5.32 Å². The van der Waals surface area contributed by atoms with Gasteiger partial charge in [-0.25, -0.2) is 9.97 Å². The number of nitrogens with zero attached hydrogens (tertiary/aromatic N) is 4. The minimum absolute atomic E-state index is 0.418. The molecular weight excluding hydrogens is 368 g/mol. The number of nitrogens with two attached hydrogens (primary N) is 1. The molecule has 0 aliphatic carbocycles. The minimum Gasteiger partial charge on any atom is -0.366 e. The summed E-state index contributed by atoms with van der Waals surface area (Å²) in [7, 11) is 0. The molecule has 5 N–H and O–H groups in total. The number of benzene rings is 1. The van der Waals surface area contributed by atoms with Gasteiger partial charge in [0.1, 0.15) is 5.65 Å². The normalized spacial score (nSPS) is 11.4. The summed E-state index contributed by atoms with van der Waals surface area (Å²) in [6.45, 7) is 3.85. The smallest absolute Gasteiger partial charge is 0.250 e. The molecule has 0 saturated heterocycles. The second-order valence-electron chi connectivity index (χ2n) is 6.88. The maximum Gasteiger partial charge on any atom is 0.250 e. The Kier molecular flexibility index (Phi) is 3.63. The fourth-order valence-corrected chi connectivity index (χ4v) is 3.35. The van der Waals surface area contributed by atoms with Gasteiger partial charge in [0.25, 0.3) is 5.91 Å². The quantitative estimate of drug-likeness (QED) is 0.378.